The van der Waals surface area contributed by atoms with Crippen molar-refractivity contribution < 1.29 is 0 Å². The third kappa shape index (κ3) is 4.88. The first-order valence-electron chi connectivity index (χ1n) is 5.80. The summed E-state index contributed by atoms with van der Waals surface area (Å²) in [5.74, 6) is -0.201. The highest BCUT2D eigenvalue weighted by Crippen LogP contribution is 2.40. The summed E-state index contributed by atoms with van der Waals surface area (Å²) >= 11 is 34.8. The van der Waals surface area contributed by atoms with Crippen LogP contribution in [0.5, 0.6) is 0 Å². The fraction of sp³-hybridized carbons (Fsp3) is 0.250. The molecule has 0 aliphatic carbocycles. The summed E-state index contributed by atoms with van der Waals surface area (Å²) < 4.78 is -3.76. The SMILES string of the molecule is Cc1ccc(Nc2nc(C(Cl)(Cl)Cl)nc(C(Cl)(Cl)Cl)n2)cc1. The van der Waals surface area contributed by atoms with Crippen molar-refractivity contribution in [2.75, 3.05) is 5.32 Å². The Hall–Kier alpha value is -0.230. The van der Waals surface area contributed by atoms with E-state index in [2.05, 4.69) is 20.3 Å². The predicted molar refractivity (Wildman–Crippen MR) is 92.8 cm³/mol. The second kappa shape index (κ2) is 6.71. The van der Waals surface area contributed by atoms with E-state index in [1.54, 1.807) is 0 Å². The van der Waals surface area contributed by atoms with E-state index in [0.717, 1.165) is 11.3 Å². The zero-order chi connectivity index (χ0) is 16.5. The van der Waals surface area contributed by atoms with Crippen molar-refractivity contribution in [2.24, 2.45) is 0 Å². The Morgan fingerprint density at radius 1 is 0.773 bits per heavy atom. The highest BCUT2D eigenvalue weighted by atomic mass is 35.6. The zero-order valence-corrected chi connectivity index (χ0v) is 15.5. The molecule has 0 aliphatic rings. The molecule has 1 heterocycles. The molecule has 4 nitrogen and oxygen atoms in total. The van der Waals surface area contributed by atoms with Crippen LogP contribution in [-0.2, 0) is 7.59 Å². The molecule has 0 radical (unpaired) electrons. The molecule has 0 atom stereocenters. The van der Waals surface area contributed by atoms with Gasteiger partial charge < -0.3 is 5.32 Å². The molecular weight excluding hydrogens is 413 g/mol. The first-order valence-corrected chi connectivity index (χ1v) is 8.06. The number of anilines is 2. The Bertz CT molecular complexity index is 631. The molecule has 0 saturated heterocycles. The average Bonchev–Trinajstić information content (AvgIpc) is 2.39. The van der Waals surface area contributed by atoms with E-state index >= 15 is 0 Å². The number of alkyl halides is 6. The van der Waals surface area contributed by atoms with E-state index < -0.39 is 7.59 Å². The Morgan fingerprint density at radius 3 is 1.64 bits per heavy atom. The topological polar surface area (TPSA) is 50.7 Å². The van der Waals surface area contributed by atoms with E-state index in [-0.39, 0.29) is 17.6 Å². The van der Waals surface area contributed by atoms with Crippen molar-refractivity contribution in [3.8, 4) is 0 Å². The smallest absolute Gasteiger partial charge is 0.250 e. The van der Waals surface area contributed by atoms with Gasteiger partial charge in [0.1, 0.15) is 0 Å². The molecule has 0 bridgehead atoms. The van der Waals surface area contributed by atoms with Crippen LogP contribution in [0.15, 0.2) is 24.3 Å². The fourth-order valence-electron chi connectivity index (χ4n) is 1.45. The zero-order valence-electron chi connectivity index (χ0n) is 10.9. The van der Waals surface area contributed by atoms with E-state index in [0.29, 0.717) is 0 Å². The first kappa shape index (κ1) is 18.1. The lowest BCUT2D eigenvalue weighted by Gasteiger charge is -2.16. The largest absolute Gasteiger partial charge is 0.324 e. The van der Waals surface area contributed by atoms with E-state index in [1.165, 1.54) is 0 Å². The minimum atomic E-state index is -1.88. The van der Waals surface area contributed by atoms with E-state index in [1.807, 2.05) is 31.2 Å². The number of rotatable bonds is 2. The number of nitrogens with one attached hydrogen (secondary N) is 1. The van der Waals surface area contributed by atoms with Crippen molar-refractivity contribution >= 4 is 81.2 Å². The maximum atomic E-state index is 5.80. The summed E-state index contributed by atoms with van der Waals surface area (Å²) in [7, 11) is 0. The molecule has 118 valence electrons. The van der Waals surface area contributed by atoms with Gasteiger partial charge in [0.25, 0.3) is 0 Å². The standard InChI is InChI=1S/C12H8Cl6N4/c1-6-2-4-7(5-3-6)19-10-21-8(11(13,14)15)20-9(22-10)12(16,17)18/h2-5H,1H3,(H,19,20,21,22). The summed E-state index contributed by atoms with van der Waals surface area (Å²) in [6.45, 7) is 1.97. The van der Waals surface area contributed by atoms with Gasteiger partial charge in [-0.2, -0.15) is 9.97 Å². The van der Waals surface area contributed by atoms with Crippen molar-refractivity contribution in [2.45, 2.75) is 14.5 Å². The van der Waals surface area contributed by atoms with Gasteiger partial charge in [-0.05, 0) is 19.1 Å². The molecule has 2 aromatic rings. The molecule has 0 saturated carbocycles. The van der Waals surface area contributed by atoms with E-state index in [9.17, 15) is 0 Å². The van der Waals surface area contributed by atoms with E-state index in [4.69, 9.17) is 69.6 Å². The quantitative estimate of drug-likeness (QED) is 0.644. The Morgan fingerprint density at radius 2 is 1.23 bits per heavy atom. The van der Waals surface area contributed by atoms with Gasteiger partial charge in [-0.1, -0.05) is 87.3 Å². The maximum Gasteiger partial charge on any atom is 0.250 e. The highest BCUT2D eigenvalue weighted by Gasteiger charge is 2.33. The van der Waals surface area contributed by atoms with Gasteiger partial charge in [-0.25, -0.2) is 4.98 Å². The number of nitrogens with zero attached hydrogens (tertiary/aromatic N) is 3. The van der Waals surface area contributed by atoms with Crippen LogP contribution in [0.4, 0.5) is 11.6 Å². The first-order chi connectivity index (χ1) is 10.1. The second-order valence-electron chi connectivity index (χ2n) is 4.29. The van der Waals surface area contributed by atoms with Crippen LogP contribution < -0.4 is 5.32 Å². The number of halogens is 6. The fourth-order valence-corrected chi connectivity index (χ4v) is 1.96. The minimum Gasteiger partial charge on any atom is -0.324 e. The summed E-state index contributed by atoms with van der Waals surface area (Å²) in [6.07, 6.45) is 0. The Labute approximate surface area is 157 Å². The molecule has 0 fully saturated rings. The van der Waals surface area contributed by atoms with Crippen LogP contribution in [0.2, 0.25) is 0 Å². The van der Waals surface area contributed by atoms with Gasteiger partial charge >= 0.3 is 0 Å². The van der Waals surface area contributed by atoms with Gasteiger partial charge in [0.05, 0.1) is 0 Å². The van der Waals surface area contributed by atoms with Crippen LogP contribution >= 0.6 is 69.6 Å². The highest BCUT2D eigenvalue weighted by molar-refractivity contribution is 6.67. The van der Waals surface area contributed by atoms with Crippen LogP contribution in [0.3, 0.4) is 0 Å². The summed E-state index contributed by atoms with van der Waals surface area (Å²) in [5.41, 5.74) is 1.83. The lowest BCUT2D eigenvalue weighted by molar-refractivity contribution is 0.851. The van der Waals surface area contributed by atoms with Crippen LogP contribution in [0, 0.1) is 6.92 Å². The molecule has 10 heteroatoms. The van der Waals surface area contributed by atoms with Gasteiger partial charge in [-0.15, -0.1) is 0 Å². The predicted octanol–water partition coefficient (Wildman–Crippen LogP) is 5.58. The summed E-state index contributed by atoms with van der Waals surface area (Å²) in [6, 6.07) is 7.50. The second-order valence-corrected chi connectivity index (χ2v) is 8.86. The molecule has 1 N–H and O–H groups in total. The third-order valence-corrected chi connectivity index (χ3v) is 3.46. The van der Waals surface area contributed by atoms with Crippen LogP contribution in [0.25, 0.3) is 0 Å². The third-order valence-electron chi connectivity index (χ3n) is 2.45. The number of benzene rings is 1. The van der Waals surface area contributed by atoms with Crippen LogP contribution in [-0.4, -0.2) is 15.0 Å². The lowest BCUT2D eigenvalue weighted by Crippen LogP contribution is -2.17. The molecule has 1 aromatic carbocycles. The number of hydrogen-bond acceptors (Lipinski definition) is 4. The summed E-state index contributed by atoms with van der Waals surface area (Å²) in [4.78, 5) is 11.9. The molecular formula is C12H8Cl6N4. The Balaban J connectivity index is 2.44. The van der Waals surface area contributed by atoms with Crippen molar-refractivity contribution in [1.82, 2.24) is 15.0 Å². The van der Waals surface area contributed by atoms with Crippen molar-refractivity contribution in [1.29, 1.82) is 0 Å². The number of hydrogen-bond donors (Lipinski definition) is 1. The van der Waals surface area contributed by atoms with Crippen molar-refractivity contribution in [3.05, 3.63) is 41.5 Å². The normalized spacial score (nSPS) is 12.3. The monoisotopic (exact) mass is 418 g/mol. The molecule has 0 amide bonds. The Kier molecular flexibility index (Phi) is 5.53. The lowest BCUT2D eigenvalue weighted by atomic mass is 10.2. The average molecular weight is 421 g/mol. The van der Waals surface area contributed by atoms with Crippen LogP contribution in [0.1, 0.15) is 17.2 Å². The molecule has 0 spiro atoms. The molecule has 0 aliphatic heterocycles. The molecule has 2 rings (SSSR count). The van der Waals surface area contributed by atoms with Gasteiger partial charge in [0, 0.05) is 5.69 Å². The van der Waals surface area contributed by atoms with Crippen molar-refractivity contribution in [3.63, 3.8) is 0 Å². The minimum absolute atomic E-state index is 0.0986. The molecule has 0 unspecified atom stereocenters. The number of aromatic nitrogens is 3. The number of aryl methyl sites for hydroxylation is 1. The maximum absolute atomic E-state index is 5.80. The van der Waals surface area contributed by atoms with Gasteiger partial charge in [-0.3, -0.25) is 0 Å². The van der Waals surface area contributed by atoms with Gasteiger partial charge in [0.2, 0.25) is 13.5 Å². The van der Waals surface area contributed by atoms with Gasteiger partial charge in [0.15, 0.2) is 11.6 Å². The summed E-state index contributed by atoms with van der Waals surface area (Å²) in [5, 5.41) is 2.94. The molecule has 1 aromatic heterocycles. The molecule has 22 heavy (non-hydrogen) atoms.